The van der Waals surface area contributed by atoms with Crippen LogP contribution in [0.5, 0.6) is 0 Å². The summed E-state index contributed by atoms with van der Waals surface area (Å²) in [5.74, 6) is 1.83. The summed E-state index contributed by atoms with van der Waals surface area (Å²) in [4.78, 5) is 14.8. The second-order valence-electron chi connectivity index (χ2n) is 6.93. The highest BCUT2D eigenvalue weighted by Crippen LogP contribution is 2.31. The van der Waals surface area contributed by atoms with Crippen molar-refractivity contribution in [2.24, 2.45) is 11.8 Å². The average Bonchev–Trinajstić information content (AvgIpc) is 2.66. The van der Waals surface area contributed by atoms with Crippen LogP contribution in [0.1, 0.15) is 66.2 Å². The summed E-state index contributed by atoms with van der Waals surface area (Å²) >= 11 is 0. The Balaban J connectivity index is 2.07. The highest BCUT2D eigenvalue weighted by Gasteiger charge is 2.42. The second kappa shape index (κ2) is 6.25. The van der Waals surface area contributed by atoms with Crippen LogP contribution in [0.15, 0.2) is 0 Å². The predicted molar refractivity (Wildman–Crippen MR) is 78.7 cm³/mol. The van der Waals surface area contributed by atoms with Gasteiger partial charge in [0.15, 0.2) is 0 Å². The van der Waals surface area contributed by atoms with Gasteiger partial charge in [0.1, 0.15) is 0 Å². The summed E-state index contributed by atoms with van der Waals surface area (Å²) in [7, 11) is 0. The van der Waals surface area contributed by atoms with Gasteiger partial charge < -0.3 is 4.90 Å². The smallest absolute Gasteiger partial charge is 0.241 e. The van der Waals surface area contributed by atoms with E-state index in [1.165, 1.54) is 25.7 Å². The van der Waals surface area contributed by atoms with E-state index in [1.807, 2.05) is 0 Å². The number of nitrogens with zero attached hydrogens (tertiary/aromatic N) is 1. The molecule has 0 aromatic rings. The third-order valence-corrected chi connectivity index (χ3v) is 4.76. The van der Waals surface area contributed by atoms with Crippen molar-refractivity contribution in [3.05, 3.63) is 0 Å². The molecule has 1 N–H and O–H groups in total. The summed E-state index contributed by atoms with van der Waals surface area (Å²) in [6.07, 6.45) is 7.20. The van der Waals surface area contributed by atoms with Crippen LogP contribution >= 0.6 is 0 Å². The van der Waals surface area contributed by atoms with Gasteiger partial charge in [0.25, 0.3) is 0 Å². The molecular weight excluding hydrogens is 236 g/mol. The third-order valence-electron chi connectivity index (χ3n) is 4.76. The Bertz CT molecular complexity index is 308. The number of hydrogen-bond donors (Lipinski definition) is 1. The summed E-state index contributed by atoms with van der Waals surface area (Å²) in [6, 6.07) is 0.541. The number of hydrogen-bond acceptors (Lipinski definition) is 2. The van der Waals surface area contributed by atoms with E-state index in [0.29, 0.717) is 17.9 Å². The molecule has 2 rings (SSSR count). The molecule has 1 saturated carbocycles. The van der Waals surface area contributed by atoms with Gasteiger partial charge in [-0.15, -0.1) is 0 Å². The molecular formula is C16H30N2O. The molecule has 0 radical (unpaired) electrons. The van der Waals surface area contributed by atoms with Gasteiger partial charge in [0, 0.05) is 6.04 Å². The van der Waals surface area contributed by atoms with E-state index >= 15 is 0 Å². The third kappa shape index (κ3) is 3.31. The zero-order valence-corrected chi connectivity index (χ0v) is 13.0. The summed E-state index contributed by atoms with van der Waals surface area (Å²) in [6.45, 7) is 8.92. The normalized spacial score (nSPS) is 36.3. The van der Waals surface area contributed by atoms with Crippen LogP contribution in [-0.2, 0) is 4.79 Å². The molecule has 3 nitrogen and oxygen atoms in total. The van der Waals surface area contributed by atoms with E-state index < -0.39 is 0 Å². The Morgan fingerprint density at radius 1 is 1.26 bits per heavy atom. The monoisotopic (exact) mass is 266 g/mol. The Morgan fingerprint density at radius 3 is 2.42 bits per heavy atom. The standard InChI is InChI=1S/C16H30N2O/c1-5-14-16(19)18(15(17-14)10-11(2)3)13-8-6-12(4)7-9-13/h11-15,17H,5-10H2,1-4H3. The molecule has 2 unspecified atom stereocenters. The molecule has 1 amide bonds. The van der Waals surface area contributed by atoms with Crippen LogP contribution in [-0.4, -0.2) is 29.1 Å². The van der Waals surface area contributed by atoms with Crippen LogP contribution in [0.2, 0.25) is 0 Å². The molecule has 0 bridgehead atoms. The van der Waals surface area contributed by atoms with Crippen molar-refractivity contribution in [3.63, 3.8) is 0 Å². The molecule has 19 heavy (non-hydrogen) atoms. The number of rotatable bonds is 4. The van der Waals surface area contributed by atoms with E-state index in [2.05, 4.69) is 37.9 Å². The van der Waals surface area contributed by atoms with Gasteiger partial charge in [-0.1, -0.05) is 27.7 Å². The number of nitrogens with one attached hydrogen (secondary N) is 1. The molecule has 1 aliphatic heterocycles. The lowest BCUT2D eigenvalue weighted by Gasteiger charge is -2.37. The van der Waals surface area contributed by atoms with Gasteiger partial charge in [0.05, 0.1) is 12.2 Å². The summed E-state index contributed by atoms with van der Waals surface area (Å²) in [5.41, 5.74) is 0. The van der Waals surface area contributed by atoms with Crippen LogP contribution < -0.4 is 5.32 Å². The molecule has 2 atom stereocenters. The van der Waals surface area contributed by atoms with Gasteiger partial charge in [-0.3, -0.25) is 10.1 Å². The molecule has 0 aromatic heterocycles. The molecule has 0 spiro atoms. The minimum atomic E-state index is 0.0584. The van der Waals surface area contributed by atoms with E-state index in [1.54, 1.807) is 0 Å². The van der Waals surface area contributed by atoms with Gasteiger partial charge >= 0.3 is 0 Å². The topological polar surface area (TPSA) is 32.3 Å². The average molecular weight is 266 g/mol. The van der Waals surface area contributed by atoms with E-state index in [-0.39, 0.29) is 12.2 Å². The SMILES string of the molecule is CCC1NC(CC(C)C)N(C2CCC(C)CC2)C1=O. The van der Waals surface area contributed by atoms with Crippen LogP contribution in [0.3, 0.4) is 0 Å². The first-order valence-electron chi connectivity index (χ1n) is 8.11. The molecule has 1 aliphatic carbocycles. The maximum Gasteiger partial charge on any atom is 0.241 e. The van der Waals surface area contributed by atoms with Crippen molar-refractivity contribution in [1.82, 2.24) is 10.2 Å². The highest BCUT2D eigenvalue weighted by molar-refractivity contribution is 5.84. The molecule has 2 aliphatic rings. The van der Waals surface area contributed by atoms with Crippen molar-refractivity contribution in [2.75, 3.05) is 0 Å². The number of carbonyl (C=O) groups excluding carboxylic acids is 1. The Hall–Kier alpha value is -0.570. The second-order valence-corrected chi connectivity index (χ2v) is 6.93. The minimum absolute atomic E-state index is 0.0584. The minimum Gasteiger partial charge on any atom is -0.323 e. The quantitative estimate of drug-likeness (QED) is 0.848. The van der Waals surface area contributed by atoms with Crippen LogP contribution in [0.4, 0.5) is 0 Å². The largest absolute Gasteiger partial charge is 0.323 e. The molecule has 0 aromatic carbocycles. The Morgan fingerprint density at radius 2 is 1.89 bits per heavy atom. The fraction of sp³-hybridized carbons (Fsp3) is 0.938. The first-order chi connectivity index (χ1) is 9.02. The van der Waals surface area contributed by atoms with E-state index in [0.717, 1.165) is 18.8 Å². The van der Waals surface area contributed by atoms with Crippen molar-refractivity contribution in [2.45, 2.75) is 84.5 Å². The molecule has 1 heterocycles. The molecule has 3 heteroatoms. The molecule has 1 saturated heterocycles. The van der Waals surface area contributed by atoms with E-state index in [4.69, 9.17) is 0 Å². The zero-order valence-electron chi connectivity index (χ0n) is 13.0. The van der Waals surface area contributed by atoms with Crippen LogP contribution in [0.25, 0.3) is 0 Å². The van der Waals surface area contributed by atoms with Crippen molar-refractivity contribution in [3.8, 4) is 0 Å². The maximum absolute atomic E-state index is 12.6. The Labute approximate surface area is 118 Å². The van der Waals surface area contributed by atoms with Crippen molar-refractivity contribution < 1.29 is 4.79 Å². The maximum atomic E-state index is 12.6. The Kier molecular flexibility index (Phi) is 4.88. The fourth-order valence-corrected chi connectivity index (χ4v) is 3.59. The summed E-state index contributed by atoms with van der Waals surface area (Å²) < 4.78 is 0. The van der Waals surface area contributed by atoms with Crippen molar-refractivity contribution >= 4 is 5.91 Å². The lowest BCUT2D eigenvalue weighted by atomic mass is 9.86. The van der Waals surface area contributed by atoms with Crippen LogP contribution in [0, 0.1) is 11.8 Å². The van der Waals surface area contributed by atoms with Gasteiger partial charge in [-0.25, -0.2) is 0 Å². The van der Waals surface area contributed by atoms with Gasteiger partial charge in [-0.2, -0.15) is 0 Å². The fourth-order valence-electron chi connectivity index (χ4n) is 3.59. The molecule has 2 fully saturated rings. The summed E-state index contributed by atoms with van der Waals surface area (Å²) in [5, 5.41) is 3.56. The van der Waals surface area contributed by atoms with E-state index in [9.17, 15) is 4.79 Å². The number of amides is 1. The van der Waals surface area contributed by atoms with Gasteiger partial charge in [-0.05, 0) is 50.4 Å². The lowest BCUT2D eigenvalue weighted by molar-refractivity contribution is -0.133. The lowest BCUT2D eigenvalue weighted by Crippen LogP contribution is -2.46. The predicted octanol–water partition coefficient (Wildman–Crippen LogP) is 3.15. The van der Waals surface area contributed by atoms with Crippen molar-refractivity contribution in [1.29, 1.82) is 0 Å². The highest BCUT2D eigenvalue weighted by atomic mass is 16.2. The zero-order chi connectivity index (χ0) is 14.0. The first kappa shape index (κ1) is 14.8. The number of carbonyl (C=O) groups is 1. The molecule has 110 valence electrons. The van der Waals surface area contributed by atoms with Gasteiger partial charge in [0.2, 0.25) is 5.91 Å². The first-order valence-corrected chi connectivity index (χ1v) is 8.11.